The van der Waals surface area contributed by atoms with Crippen molar-refractivity contribution in [3.8, 4) is 0 Å². The number of nitrogens with two attached hydrogens (primary N) is 1. The molecule has 6 heteroatoms. The van der Waals surface area contributed by atoms with Crippen LogP contribution in [0.3, 0.4) is 0 Å². The first-order chi connectivity index (χ1) is 9.02. The molecule has 2 unspecified atom stereocenters. The Hall–Kier alpha value is -1.30. The summed E-state index contributed by atoms with van der Waals surface area (Å²) < 4.78 is 4.10. The zero-order chi connectivity index (χ0) is 14.0. The third-order valence-electron chi connectivity index (χ3n) is 3.71. The maximum atomic E-state index is 12.2. The summed E-state index contributed by atoms with van der Waals surface area (Å²) in [5.41, 5.74) is 6.33. The molecule has 4 N–H and O–H groups in total. The minimum Gasteiger partial charge on any atom is -0.382 e. The summed E-state index contributed by atoms with van der Waals surface area (Å²) in [7, 11) is 0. The molecule has 2 atom stereocenters. The highest BCUT2D eigenvalue weighted by Crippen LogP contribution is 2.30. The Balaban J connectivity index is 2.09. The highest BCUT2D eigenvalue weighted by Gasteiger charge is 2.28. The van der Waals surface area contributed by atoms with Crippen LogP contribution in [0.5, 0.6) is 0 Å². The molecule has 0 spiro atoms. The summed E-state index contributed by atoms with van der Waals surface area (Å²) in [5, 5.41) is 7.11. The van der Waals surface area contributed by atoms with Crippen molar-refractivity contribution in [1.29, 1.82) is 0 Å². The second-order valence-corrected chi connectivity index (χ2v) is 6.11. The van der Waals surface area contributed by atoms with E-state index in [4.69, 9.17) is 5.73 Å². The molecule has 1 aromatic heterocycles. The molecular formula is C13H22N4OS. The van der Waals surface area contributed by atoms with E-state index < -0.39 is 0 Å². The molecule has 0 radical (unpaired) electrons. The van der Waals surface area contributed by atoms with Crippen LogP contribution >= 0.6 is 11.5 Å². The van der Waals surface area contributed by atoms with Crippen LogP contribution in [0.15, 0.2) is 0 Å². The summed E-state index contributed by atoms with van der Waals surface area (Å²) in [6, 6.07) is 0.615. The lowest BCUT2D eigenvalue weighted by Crippen LogP contribution is -2.28. The molecule has 5 nitrogen and oxygen atoms in total. The fourth-order valence-electron chi connectivity index (χ4n) is 1.81. The number of nitrogens with zero attached hydrogens (tertiary/aromatic N) is 1. The highest BCUT2D eigenvalue weighted by atomic mass is 32.1. The van der Waals surface area contributed by atoms with Gasteiger partial charge >= 0.3 is 0 Å². The molecule has 0 bridgehead atoms. The molecule has 1 heterocycles. The molecule has 0 aromatic carbocycles. The van der Waals surface area contributed by atoms with Crippen molar-refractivity contribution in [3.05, 3.63) is 5.56 Å². The summed E-state index contributed by atoms with van der Waals surface area (Å²) in [5.74, 6) is 0.747. The van der Waals surface area contributed by atoms with Gasteiger partial charge in [-0.05, 0) is 37.2 Å². The fraction of sp³-hybridized carbons (Fsp3) is 0.692. The number of carbonyl (C=O) groups is 1. The molecule has 1 amide bonds. The largest absolute Gasteiger partial charge is 0.382 e. The van der Waals surface area contributed by atoms with Crippen molar-refractivity contribution in [1.82, 2.24) is 9.69 Å². The number of hydrogen-bond acceptors (Lipinski definition) is 5. The lowest BCUT2D eigenvalue weighted by molar-refractivity contribution is 0.0953. The molecule has 1 saturated carbocycles. The van der Waals surface area contributed by atoms with Gasteiger partial charge in [0.1, 0.15) is 10.6 Å². The zero-order valence-electron chi connectivity index (χ0n) is 11.7. The van der Waals surface area contributed by atoms with Crippen molar-refractivity contribution < 1.29 is 4.79 Å². The summed E-state index contributed by atoms with van der Waals surface area (Å²) in [4.78, 5) is 12.2. The molecule has 106 valence electrons. The predicted molar refractivity (Wildman–Crippen MR) is 79.6 cm³/mol. The maximum absolute atomic E-state index is 12.2. The van der Waals surface area contributed by atoms with Gasteiger partial charge in [-0.1, -0.05) is 20.3 Å². The third-order valence-corrected chi connectivity index (χ3v) is 4.51. The molecule has 1 aromatic rings. The van der Waals surface area contributed by atoms with Gasteiger partial charge in [-0.15, -0.1) is 0 Å². The summed E-state index contributed by atoms with van der Waals surface area (Å²) in [6.45, 7) is 6.46. The van der Waals surface area contributed by atoms with Gasteiger partial charge in [-0.25, -0.2) is 0 Å². The number of hydrogen-bond donors (Lipinski definition) is 3. The van der Waals surface area contributed by atoms with Crippen LogP contribution in [0, 0.1) is 5.92 Å². The minimum atomic E-state index is -0.104. The molecule has 2 rings (SSSR count). The van der Waals surface area contributed by atoms with E-state index in [0.29, 0.717) is 23.3 Å². The molecule has 0 saturated heterocycles. The minimum absolute atomic E-state index is 0.104. The maximum Gasteiger partial charge on any atom is 0.258 e. The van der Waals surface area contributed by atoms with Crippen LogP contribution in [0.2, 0.25) is 0 Å². The lowest BCUT2D eigenvalue weighted by atomic mass is 10.0. The number of rotatable bonds is 6. The number of nitrogens with one attached hydrogen (secondary N) is 2. The van der Waals surface area contributed by atoms with Gasteiger partial charge in [-0.2, -0.15) is 4.37 Å². The normalized spacial score (nSPS) is 17.8. The monoisotopic (exact) mass is 282 g/mol. The Morgan fingerprint density at radius 2 is 2.21 bits per heavy atom. The van der Waals surface area contributed by atoms with Crippen molar-refractivity contribution in [3.63, 3.8) is 0 Å². The first kappa shape index (κ1) is 14.1. The van der Waals surface area contributed by atoms with Crippen molar-refractivity contribution in [2.24, 2.45) is 5.92 Å². The summed E-state index contributed by atoms with van der Waals surface area (Å²) >= 11 is 1.26. The molecule has 19 heavy (non-hydrogen) atoms. The number of nitrogen functional groups attached to an aromatic ring is 1. The van der Waals surface area contributed by atoms with Crippen LogP contribution in [0.4, 0.5) is 10.8 Å². The number of carbonyl (C=O) groups excluding carboxylic acids is 1. The van der Waals surface area contributed by atoms with Crippen LogP contribution < -0.4 is 16.4 Å². The number of amides is 1. The van der Waals surface area contributed by atoms with Gasteiger partial charge < -0.3 is 16.4 Å². The second kappa shape index (κ2) is 5.77. The van der Waals surface area contributed by atoms with E-state index in [1.54, 1.807) is 0 Å². The van der Waals surface area contributed by atoms with E-state index in [-0.39, 0.29) is 11.9 Å². The SMILES string of the molecule is CCC(C)C(C)Nc1snc(N)c1C(=O)NC1CC1. The number of anilines is 2. The topological polar surface area (TPSA) is 80.0 Å². The van der Waals surface area contributed by atoms with Crippen molar-refractivity contribution in [2.75, 3.05) is 11.1 Å². The Kier molecular flexibility index (Phi) is 4.29. The van der Waals surface area contributed by atoms with E-state index in [2.05, 4.69) is 35.8 Å². The van der Waals surface area contributed by atoms with E-state index in [9.17, 15) is 4.79 Å². The quantitative estimate of drug-likeness (QED) is 0.749. The Morgan fingerprint density at radius 3 is 2.79 bits per heavy atom. The molecule has 1 aliphatic carbocycles. The van der Waals surface area contributed by atoms with Gasteiger partial charge in [0, 0.05) is 12.1 Å². The van der Waals surface area contributed by atoms with Crippen molar-refractivity contribution >= 4 is 28.3 Å². The average Bonchev–Trinajstić information content (AvgIpc) is 3.11. The Morgan fingerprint density at radius 1 is 1.53 bits per heavy atom. The molecule has 1 aliphatic rings. The Labute approximate surface area is 118 Å². The molecule has 0 aliphatic heterocycles. The third kappa shape index (κ3) is 3.37. The van der Waals surface area contributed by atoms with Gasteiger partial charge in [0.2, 0.25) is 0 Å². The van der Waals surface area contributed by atoms with E-state index >= 15 is 0 Å². The van der Waals surface area contributed by atoms with Crippen LogP contribution in [0.25, 0.3) is 0 Å². The van der Waals surface area contributed by atoms with Gasteiger partial charge in [0.15, 0.2) is 5.82 Å². The van der Waals surface area contributed by atoms with E-state index in [0.717, 1.165) is 24.3 Å². The number of aromatic nitrogens is 1. The Bertz CT molecular complexity index is 455. The predicted octanol–water partition coefficient (Wildman–Crippen LogP) is 2.46. The lowest BCUT2D eigenvalue weighted by Gasteiger charge is -2.20. The molecular weight excluding hydrogens is 260 g/mol. The molecule has 1 fully saturated rings. The van der Waals surface area contributed by atoms with Crippen LogP contribution in [0.1, 0.15) is 50.4 Å². The average molecular weight is 282 g/mol. The standard InChI is InChI=1S/C13H22N4OS/c1-4-7(2)8(3)15-13-10(11(14)17-19-13)12(18)16-9-5-6-9/h7-9,15H,4-6H2,1-3H3,(H2,14,17)(H,16,18). The van der Waals surface area contributed by atoms with Gasteiger partial charge in [0.25, 0.3) is 5.91 Å². The highest BCUT2D eigenvalue weighted by molar-refractivity contribution is 7.11. The summed E-state index contributed by atoms with van der Waals surface area (Å²) in [6.07, 6.45) is 3.22. The fourth-order valence-corrected chi connectivity index (χ4v) is 2.62. The van der Waals surface area contributed by atoms with Crippen LogP contribution in [-0.2, 0) is 0 Å². The zero-order valence-corrected chi connectivity index (χ0v) is 12.5. The van der Waals surface area contributed by atoms with Gasteiger partial charge in [0.05, 0.1) is 0 Å². The van der Waals surface area contributed by atoms with Gasteiger partial charge in [-0.3, -0.25) is 4.79 Å². The van der Waals surface area contributed by atoms with E-state index in [1.165, 1.54) is 11.5 Å². The van der Waals surface area contributed by atoms with Crippen LogP contribution in [-0.4, -0.2) is 22.4 Å². The first-order valence-corrected chi connectivity index (χ1v) is 7.62. The second-order valence-electron chi connectivity index (χ2n) is 5.34. The van der Waals surface area contributed by atoms with E-state index in [1.807, 2.05) is 0 Å². The smallest absolute Gasteiger partial charge is 0.258 e. The van der Waals surface area contributed by atoms with Crippen molar-refractivity contribution in [2.45, 2.75) is 52.1 Å². The first-order valence-electron chi connectivity index (χ1n) is 6.85.